The topological polar surface area (TPSA) is 72.2 Å². The van der Waals surface area contributed by atoms with E-state index in [1.165, 1.54) is 17.4 Å². The standard InChI is InChI=1S/C16H16N2O3S/c1-16(2)8-11-14(12(19)9-16)22-15(17-11)18-13(20)6-5-10-4-3-7-21-10/h3-7H,8-9H2,1-2H3,(H,17,18,20)/b6-5+. The van der Waals surface area contributed by atoms with E-state index in [0.717, 1.165) is 12.1 Å². The minimum Gasteiger partial charge on any atom is -0.465 e. The van der Waals surface area contributed by atoms with Crippen molar-refractivity contribution in [2.24, 2.45) is 5.41 Å². The summed E-state index contributed by atoms with van der Waals surface area (Å²) in [5.74, 6) is 0.412. The zero-order valence-corrected chi connectivity index (χ0v) is 13.2. The monoisotopic (exact) mass is 316 g/mol. The fraction of sp³-hybridized carbons (Fsp3) is 0.312. The maximum Gasteiger partial charge on any atom is 0.250 e. The lowest BCUT2D eigenvalue weighted by Gasteiger charge is -2.26. The second-order valence-electron chi connectivity index (χ2n) is 6.07. The zero-order valence-electron chi connectivity index (χ0n) is 12.4. The van der Waals surface area contributed by atoms with Gasteiger partial charge in [-0.05, 0) is 30.0 Å². The Kier molecular flexibility index (Phi) is 3.70. The van der Waals surface area contributed by atoms with Crippen LogP contribution in [0.15, 0.2) is 28.9 Å². The molecule has 0 unspecified atom stereocenters. The number of rotatable bonds is 3. The molecule has 6 heteroatoms. The van der Waals surface area contributed by atoms with Crippen LogP contribution in [-0.2, 0) is 11.2 Å². The number of hydrogen-bond donors (Lipinski definition) is 1. The fourth-order valence-electron chi connectivity index (χ4n) is 2.46. The zero-order chi connectivity index (χ0) is 15.7. The van der Waals surface area contributed by atoms with Crippen LogP contribution in [0, 0.1) is 5.41 Å². The van der Waals surface area contributed by atoms with Gasteiger partial charge in [-0.25, -0.2) is 4.98 Å². The molecular formula is C16H16N2O3S. The normalized spacial score (nSPS) is 16.7. The number of Topliss-reactive ketones (excluding diaryl/α,β-unsaturated/α-hetero) is 1. The molecule has 1 N–H and O–H groups in total. The number of nitrogens with one attached hydrogen (secondary N) is 1. The first-order chi connectivity index (χ1) is 10.4. The Morgan fingerprint density at radius 1 is 1.45 bits per heavy atom. The Morgan fingerprint density at radius 2 is 2.27 bits per heavy atom. The fourth-order valence-corrected chi connectivity index (χ4v) is 3.39. The molecule has 0 bridgehead atoms. The van der Waals surface area contributed by atoms with E-state index in [0.29, 0.717) is 22.2 Å². The van der Waals surface area contributed by atoms with Crippen molar-refractivity contribution in [2.45, 2.75) is 26.7 Å². The highest BCUT2D eigenvalue weighted by Crippen LogP contribution is 2.38. The first-order valence-electron chi connectivity index (χ1n) is 6.98. The van der Waals surface area contributed by atoms with Crippen molar-refractivity contribution in [3.63, 3.8) is 0 Å². The second-order valence-corrected chi connectivity index (χ2v) is 7.07. The van der Waals surface area contributed by atoms with Gasteiger partial charge in [-0.15, -0.1) is 0 Å². The Balaban J connectivity index is 1.72. The molecule has 1 amide bonds. The molecule has 2 aromatic heterocycles. The van der Waals surface area contributed by atoms with Gasteiger partial charge in [-0.1, -0.05) is 25.2 Å². The van der Waals surface area contributed by atoms with Crippen molar-refractivity contribution in [1.29, 1.82) is 0 Å². The Bertz CT molecular complexity index is 742. The molecule has 1 aliphatic rings. The minimum atomic E-state index is -0.297. The van der Waals surface area contributed by atoms with Gasteiger partial charge in [-0.2, -0.15) is 0 Å². The molecule has 0 aromatic carbocycles. The van der Waals surface area contributed by atoms with Gasteiger partial charge in [0.1, 0.15) is 5.76 Å². The summed E-state index contributed by atoms with van der Waals surface area (Å²) in [6, 6.07) is 3.51. The van der Waals surface area contributed by atoms with Crippen LogP contribution in [-0.4, -0.2) is 16.7 Å². The van der Waals surface area contributed by atoms with Crippen LogP contribution in [0.5, 0.6) is 0 Å². The highest BCUT2D eigenvalue weighted by Gasteiger charge is 2.33. The molecule has 3 rings (SSSR count). The summed E-state index contributed by atoms with van der Waals surface area (Å²) in [6.45, 7) is 4.11. The number of carbonyl (C=O) groups excluding carboxylic acids is 2. The first kappa shape index (κ1) is 14.7. The van der Waals surface area contributed by atoms with E-state index >= 15 is 0 Å². The number of ketones is 1. The summed E-state index contributed by atoms with van der Waals surface area (Å²) in [6.07, 6.45) is 5.78. The molecule has 0 fully saturated rings. The Labute approximate surface area is 132 Å². The van der Waals surface area contributed by atoms with Crippen molar-refractivity contribution < 1.29 is 14.0 Å². The third kappa shape index (κ3) is 3.17. The van der Waals surface area contributed by atoms with E-state index in [-0.39, 0.29) is 17.1 Å². The van der Waals surface area contributed by atoms with E-state index in [2.05, 4.69) is 24.1 Å². The maximum absolute atomic E-state index is 12.1. The number of carbonyl (C=O) groups is 2. The number of aromatic nitrogens is 1. The van der Waals surface area contributed by atoms with Crippen LogP contribution in [0.3, 0.4) is 0 Å². The van der Waals surface area contributed by atoms with Crippen LogP contribution >= 0.6 is 11.3 Å². The maximum atomic E-state index is 12.1. The molecule has 2 heterocycles. The lowest BCUT2D eigenvalue weighted by atomic mass is 9.78. The summed E-state index contributed by atoms with van der Waals surface area (Å²) in [4.78, 5) is 29.0. The molecular weight excluding hydrogens is 300 g/mol. The van der Waals surface area contributed by atoms with Crippen LogP contribution in [0.2, 0.25) is 0 Å². The number of furan rings is 1. The highest BCUT2D eigenvalue weighted by atomic mass is 32.1. The molecule has 5 nitrogen and oxygen atoms in total. The van der Waals surface area contributed by atoms with Crippen molar-refractivity contribution in [3.8, 4) is 0 Å². The third-order valence-electron chi connectivity index (χ3n) is 3.41. The molecule has 22 heavy (non-hydrogen) atoms. The van der Waals surface area contributed by atoms with Gasteiger partial charge in [0.2, 0.25) is 5.91 Å². The number of hydrogen-bond acceptors (Lipinski definition) is 5. The van der Waals surface area contributed by atoms with Gasteiger partial charge < -0.3 is 4.42 Å². The lowest BCUT2D eigenvalue weighted by Crippen LogP contribution is -2.26. The SMILES string of the molecule is CC1(C)CC(=O)c2sc(NC(=O)/C=C/c3ccco3)nc2C1. The quantitative estimate of drug-likeness (QED) is 0.879. The molecule has 2 aromatic rings. The summed E-state index contributed by atoms with van der Waals surface area (Å²) in [5, 5.41) is 3.16. The summed E-state index contributed by atoms with van der Waals surface area (Å²) in [5.41, 5.74) is 0.718. The summed E-state index contributed by atoms with van der Waals surface area (Å²) >= 11 is 1.25. The first-order valence-corrected chi connectivity index (χ1v) is 7.80. The average molecular weight is 316 g/mol. The smallest absolute Gasteiger partial charge is 0.250 e. The van der Waals surface area contributed by atoms with E-state index < -0.39 is 0 Å². The van der Waals surface area contributed by atoms with E-state index in [4.69, 9.17) is 4.42 Å². The molecule has 0 radical (unpaired) electrons. The molecule has 1 aliphatic carbocycles. The van der Waals surface area contributed by atoms with E-state index in [1.807, 2.05) is 0 Å². The number of thiazole rings is 1. The highest BCUT2D eigenvalue weighted by molar-refractivity contribution is 7.17. The van der Waals surface area contributed by atoms with Gasteiger partial charge in [0.15, 0.2) is 10.9 Å². The van der Waals surface area contributed by atoms with Crippen LogP contribution in [0.1, 0.15) is 41.4 Å². The van der Waals surface area contributed by atoms with Crippen LogP contribution in [0.25, 0.3) is 6.08 Å². The Hall–Kier alpha value is -2.21. The lowest BCUT2D eigenvalue weighted by molar-refractivity contribution is -0.111. The minimum absolute atomic E-state index is 0.0708. The average Bonchev–Trinajstić information content (AvgIpc) is 3.04. The summed E-state index contributed by atoms with van der Waals surface area (Å²) < 4.78 is 5.11. The van der Waals surface area contributed by atoms with E-state index in [9.17, 15) is 9.59 Å². The van der Waals surface area contributed by atoms with E-state index in [1.54, 1.807) is 24.5 Å². The predicted molar refractivity (Wildman–Crippen MR) is 84.9 cm³/mol. The third-order valence-corrected chi connectivity index (χ3v) is 4.46. The van der Waals surface area contributed by atoms with Crippen molar-refractivity contribution in [3.05, 3.63) is 40.8 Å². The van der Waals surface area contributed by atoms with Gasteiger partial charge >= 0.3 is 0 Å². The molecule has 114 valence electrons. The van der Waals surface area contributed by atoms with Gasteiger partial charge in [0.05, 0.1) is 16.8 Å². The van der Waals surface area contributed by atoms with Crippen LogP contribution in [0.4, 0.5) is 5.13 Å². The number of anilines is 1. The second kappa shape index (κ2) is 5.53. The van der Waals surface area contributed by atoms with Gasteiger partial charge in [0.25, 0.3) is 0 Å². The molecule has 0 aliphatic heterocycles. The predicted octanol–water partition coefficient (Wildman–Crippen LogP) is 3.54. The molecule has 0 saturated heterocycles. The van der Waals surface area contributed by atoms with Gasteiger partial charge in [-0.3, -0.25) is 14.9 Å². The molecule has 0 spiro atoms. The number of amides is 1. The number of fused-ring (bicyclic) bond motifs is 1. The summed E-state index contributed by atoms with van der Waals surface area (Å²) in [7, 11) is 0. The van der Waals surface area contributed by atoms with Gasteiger partial charge in [0, 0.05) is 12.5 Å². The largest absolute Gasteiger partial charge is 0.465 e. The van der Waals surface area contributed by atoms with Crippen LogP contribution < -0.4 is 5.32 Å². The number of nitrogens with zero attached hydrogens (tertiary/aromatic N) is 1. The van der Waals surface area contributed by atoms with Crippen molar-refractivity contribution in [1.82, 2.24) is 4.98 Å². The Morgan fingerprint density at radius 3 is 3.00 bits per heavy atom. The van der Waals surface area contributed by atoms with Crippen molar-refractivity contribution >= 4 is 34.2 Å². The van der Waals surface area contributed by atoms with Crippen molar-refractivity contribution in [2.75, 3.05) is 5.32 Å². The molecule has 0 atom stereocenters. The molecule has 0 saturated carbocycles.